The zero-order chi connectivity index (χ0) is 9.56. The highest BCUT2D eigenvalue weighted by molar-refractivity contribution is 6.08. The minimum Gasteiger partial charge on any atom is -0.314 e. The van der Waals surface area contributed by atoms with Gasteiger partial charge in [0, 0.05) is 16.8 Å². The van der Waals surface area contributed by atoms with Gasteiger partial charge < -0.3 is 5.32 Å². The van der Waals surface area contributed by atoms with Crippen LogP contribution in [0.15, 0.2) is 0 Å². The lowest BCUT2D eigenvalue weighted by Crippen LogP contribution is -2.47. The predicted octanol–water partition coefficient (Wildman–Crippen LogP) is -1.19. The summed E-state index contributed by atoms with van der Waals surface area (Å²) in [6, 6.07) is 1.34. The van der Waals surface area contributed by atoms with Crippen LogP contribution in [-0.4, -0.2) is 67.5 Å². The second kappa shape index (κ2) is 6.60. The summed E-state index contributed by atoms with van der Waals surface area (Å²) < 4.78 is 0. The molecule has 4 heteroatoms. The Bertz CT molecular complexity index is 98.5. The fourth-order valence-corrected chi connectivity index (χ4v) is 1.59. The van der Waals surface area contributed by atoms with E-state index in [2.05, 4.69) is 43.3 Å². The molecular weight excluding hydrogens is 166 g/mol. The Labute approximate surface area is 79.5 Å². The summed E-state index contributed by atoms with van der Waals surface area (Å²) in [5, 5.41) is 3.45. The molecule has 0 radical (unpaired) electrons. The molecule has 0 rings (SSSR count). The van der Waals surface area contributed by atoms with Crippen molar-refractivity contribution in [1.82, 2.24) is 15.1 Å². The first-order valence-electron chi connectivity index (χ1n) is 4.63. The monoisotopic (exact) mass is 189 g/mol. The van der Waals surface area contributed by atoms with Gasteiger partial charge in [-0.2, -0.15) is 0 Å². The molecule has 0 amide bonds. The summed E-state index contributed by atoms with van der Waals surface area (Å²) in [6.07, 6.45) is 0.512. The fourth-order valence-electron chi connectivity index (χ4n) is 1.23. The van der Waals surface area contributed by atoms with Gasteiger partial charge in [0.1, 0.15) is 0 Å². The second-order valence-corrected chi connectivity index (χ2v) is 4.61. The van der Waals surface area contributed by atoms with Crippen LogP contribution in [0.25, 0.3) is 0 Å². The number of nitrogens with one attached hydrogen (secondary N) is 1. The summed E-state index contributed by atoms with van der Waals surface area (Å²) in [5.74, 6) is 0. The largest absolute Gasteiger partial charge is 0.314 e. The molecule has 0 saturated carbocycles. The third-order valence-electron chi connectivity index (χ3n) is 1.95. The molecule has 0 spiro atoms. The van der Waals surface area contributed by atoms with Gasteiger partial charge in [-0.05, 0) is 34.7 Å². The van der Waals surface area contributed by atoms with Crippen molar-refractivity contribution in [2.45, 2.75) is 12.2 Å². The number of hydrogen-bond acceptors (Lipinski definition) is 3. The normalized spacial score (nSPS) is 12.2. The van der Waals surface area contributed by atoms with E-state index < -0.39 is 0 Å². The van der Waals surface area contributed by atoms with E-state index in [1.54, 1.807) is 0 Å². The van der Waals surface area contributed by atoms with Gasteiger partial charge in [-0.25, -0.2) is 0 Å². The quantitative estimate of drug-likeness (QED) is 0.322. The van der Waals surface area contributed by atoms with E-state index in [0.29, 0.717) is 6.17 Å². The number of nitrogens with zero attached hydrogens (tertiary/aromatic N) is 2. The van der Waals surface area contributed by atoms with Gasteiger partial charge in [0.05, 0.1) is 6.17 Å². The molecule has 0 unspecified atom stereocenters. The van der Waals surface area contributed by atoms with Crippen LogP contribution in [0.4, 0.5) is 0 Å². The van der Waals surface area contributed by atoms with Crippen molar-refractivity contribution in [2.24, 2.45) is 0 Å². The van der Waals surface area contributed by atoms with Gasteiger partial charge >= 0.3 is 0 Å². The SMILES string of the molecule is CN(C)C(CNCC[SiH3])N(C)C. The first-order chi connectivity index (χ1) is 5.59. The molecule has 0 fully saturated rings. The molecule has 0 bridgehead atoms. The maximum atomic E-state index is 3.45. The van der Waals surface area contributed by atoms with E-state index in [-0.39, 0.29) is 0 Å². The summed E-state index contributed by atoms with van der Waals surface area (Å²) in [4.78, 5) is 4.47. The number of rotatable bonds is 6. The molecule has 0 aromatic heterocycles. The molecule has 0 aliphatic rings. The minimum atomic E-state index is 0.512. The van der Waals surface area contributed by atoms with Gasteiger partial charge in [0.15, 0.2) is 0 Å². The molecule has 0 aromatic carbocycles. The lowest BCUT2D eigenvalue weighted by Gasteiger charge is -2.30. The van der Waals surface area contributed by atoms with E-state index in [0.717, 1.165) is 6.54 Å². The topological polar surface area (TPSA) is 18.5 Å². The van der Waals surface area contributed by atoms with Crippen LogP contribution in [0.3, 0.4) is 0 Å². The zero-order valence-corrected chi connectivity index (χ0v) is 11.1. The lowest BCUT2D eigenvalue weighted by atomic mass is 10.4. The first kappa shape index (κ1) is 12.1. The Kier molecular flexibility index (Phi) is 6.65. The molecule has 1 N–H and O–H groups in total. The van der Waals surface area contributed by atoms with Crippen molar-refractivity contribution in [1.29, 1.82) is 0 Å². The maximum Gasteiger partial charge on any atom is 0.0741 e. The van der Waals surface area contributed by atoms with Crippen molar-refractivity contribution >= 4 is 10.2 Å². The Morgan fingerprint density at radius 2 is 1.67 bits per heavy atom. The highest BCUT2D eigenvalue weighted by Crippen LogP contribution is 1.94. The summed E-state index contributed by atoms with van der Waals surface area (Å²) in [6.45, 7) is 2.23. The first-order valence-corrected chi connectivity index (χ1v) is 6.04. The lowest BCUT2D eigenvalue weighted by molar-refractivity contribution is 0.128. The molecular formula is C8H23N3Si. The molecule has 0 aliphatic heterocycles. The van der Waals surface area contributed by atoms with Crippen LogP contribution in [-0.2, 0) is 0 Å². The van der Waals surface area contributed by atoms with Gasteiger partial charge in [-0.1, -0.05) is 6.04 Å². The zero-order valence-electron chi connectivity index (χ0n) is 9.09. The van der Waals surface area contributed by atoms with Crippen LogP contribution in [0, 0.1) is 0 Å². The van der Waals surface area contributed by atoms with E-state index >= 15 is 0 Å². The van der Waals surface area contributed by atoms with Crippen LogP contribution in [0.5, 0.6) is 0 Å². The van der Waals surface area contributed by atoms with E-state index in [1.165, 1.54) is 22.8 Å². The molecule has 0 aliphatic carbocycles. The Hall–Kier alpha value is 0.0969. The maximum absolute atomic E-state index is 3.45. The highest BCUT2D eigenvalue weighted by Gasteiger charge is 2.11. The molecule has 74 valence electrons. The van der Waals surface area contributed by atoms with Gasteiger partial charge in [0.2, 0.25) is 0 Å². The van der Waals surface area contributed by atoms with Crippen molar-refractivity contribution in [2.75, 3.05) is 41.3 Å². The van der Waals surface area contributed by atoms with Crippen molar-refractivity contribution in [3.8, 4) is 0 Å². The predicted molar refractivity (Wildman–Crippen MR) is 58.8 cm³/mol. The Morgan fingerprint density at radius 3 is 2.00 bits per heavy atom. The third-order valence-corrected chi connectivity index (χ3v) is 2.45. The van der Waals surface area contributed by atoms with Gasteiger partial charge in [-0.3, -0.25) is 9.80 Å². The van der Waals surface area contributed by atoms with Crippen molar-refractivity contribution < 1.29 is 0 Å². The molecule has 0 aromatic rings. The summed E-state index contributed by atoms with van der Waals surface area (Å²) in [7, 11) is 9.77. The van der Waals surface area contributed by atoms with E-state index in [4.69, 9.17) is 0 Å². The molecule has 3 nitrogen and oxygen atoms in total. The Balaban J connectivity index is 3.64. The average molecular weight is 189 g/mol. The van der Waals surface area contributed by atoms with Crippen molar-refractivity contribution in [3.05, 3.63) is 0 Å². The highest BCUT2D eigenvalue weighted by atomic mass is 28.1. The fraction of sp³-hybridized carbons (Fsp3) is 1.00. The van der Waals surface area contributed by atoms with Crippen LogP contribution < -0.4 is 5.32 Å². The number of hydrogen-bond donors (Lipinski definition) is 1. The molecule has 12 heavy (non-hydrogen) atoms. The summed E-state index contributed by atoms with van der Waals surface area (Å²) in [5.41, 5.74) is 0. The standard InChI is InChI=1S/C8H23N3Si/c1-10(2)8(11(3)4)7-9-5-6-12/h8-9H,5-7H2,1-4,12H3. The molecule has 0 heterocycles. The number of likely N-dealkylation sites (N-methyl/N-ethyl adjacent to an activating group) is 2. The average Bonchev–Trinajstić information content (AvgIpc) is 1.96. The van der Waals surface area contributed by atoms with Crippen LogP contribution in [0.2, 0.25) is 6.04 Å². The molecule has 0 atom stereocenters. The van der Waals surface area contributed by atoms with Gasteiger partial charge in [0.25, 0.3) is 0 Å². The van der Waals surface area contributed by atoms with Crippen LogP contribution >= 0.6 is 0 Å². The minimum absolute atomic E-state index is 0.512. The van der Waals surface area contributed by atoms with Gasteiger partial charge in [-0.15, -0.1) is 0 Å². The van der Waals surface area contributed by atoms with E-state index in [1.807, 2.05) is 0 Å². The van der Waals surface area contributed by atoms with E-state index in [9.17, 15) is 0 Å². The summed E-state index contributed by atoms with van der Waals surface area (Å²) >= 11 is 0. The van der Waals surface area contributed by atoms with Crippen LogP contribution in [0.1, 0.15) is 0 Å². The third kappa shape index (κ3) is 4.87. The Morgan fingerprint density at radius 1 is 1.17 bits per heavy atom. The van der Waals surface area contributed by atoms with Crippen molar-refractivity contribution in [3.63, 3.8) is 0 Å². The second-order valence-electron chi connectivity index (χ2n) is 3.61. The smallest absolute Gasteiger partial charge is 0.0741 e. The molecule has 0 saturated heterocycles.